The van der Waals surface area contributed by atoms with Crippen molar-refractivity contribution >= 4 is 5.69 Å². The van der Waals surface area contributed by atoms with E-state index in [1.165, 1.54) is 36.9 Å². The quantitative estimate of drug-likeness (QED) is 0.878. The molecule has 1 saturated carbocycles. The summed E-state index contributed by atoms with van der Waals surface area (Å²) in [7, 11) is 2.31. The summed E-state index contributed by atoms with van der Waals surface area (Å²) in [5.74, 6) is 0.959. The number of hydrogen-bond donors (Lipinski definition) is 1. The summed E-state index contributed by atoms with van der Waals surface area (Å²) in [6.07, 6.45) is 5.35. The number of nitrogens with one attached hydrogen (secondary N) is 1. The molecule has 2 aliphatic rings. The fraction of sp³-hybridized carbons (Fsp3) is 0.625. The lowest BCUT2D eigenvalue weighted by atomic mass is 10.0. The summed E-state index contributed by atoms with van der Waals surface area (Å²) in [5.41, 5.74) is 2.82. The van der Waals surface area contributed by atoms with Crippen molar-refractivity contribution in [2.45, 2.75) is 44.7 Å². The van der Waals surface area contributed by atoms with Gasteiger partial charge in [-0.2, -0.15) is 0 Å². The van der Waals surface area contributed by atoms with Gasteiger partial charge in [0.1, 0.15) is 0 Å². The van der Waals surface area contributed by atoms with E-state index >= 15 is 0 Å². The number of anilines is 1. The summed E-state index contributed by atoms with van der Waals surface area (Å²) in [6.45, 7) is 3.49. The molecule has 1 fully saturated rings. The lowest BCUT2D eigenvalue weighted by Crippen LogP contribution is -2.43. The molecule has 98 valence electrons. The number of likely N-dealkylation sites (N-methyl/N-ethyl adjacent to an activating group) is 1. The number of hydrogen-bond acceptors (Lipinski definition) is 2. The van der Waals surface area contributed by atoms with Crippen LogP contribution < -0.4 is 5.32 Å². The van der Waals surface area contributed by atoms with Crippen LogP contribution in [0.15, 0.2) is 24.3 Å². The van der Waals surface area contributed by atoms with Gasteiger partial charge in [-0.1, -0.05) is 18.2 Å². The third-order valence-corrected chi connectivity index (χ3v) is 4.82. The van der Waals surface area contributed by atoms with Gasteiger partial charge in [0.15, 0.2) is 0 Å². The van der Waals surface area contributed by atoms with E-state index < -0.39 is 0 Å². The van der Waals surface area contributed by atoms with Gasteiger partial charge in [0, 0.05) is 24.3 Å². The molecule has 2 heteroatoms. The first-order valence-corrected chi connectivity index (χ1v) is 7.29. The predicted molar refractivity (Wildman–Crippen MR) is 77.0 cm³/mol. The zero-order valence-corrected chi connectivity index (χ0v) is 11.5. The van der Waals surface area contributed by atoms with Gasteiger partial charge < -0.3 is 5.32 Å². The molecule has 2 unspecified atom stereocenters. The van der Waals surface area contributed by atoms with Crippen LogP contribution in [-0.2, 0) is 6.42 Å². The lowest BCUT2D eigenvalue weighted by Gasteiger charge is -2.32. The summed E-state index contributed by atoms with van der Waals surface area (Å²) in [4.78, 5) is 2.61. The van der Waals surface area contributed by atoms with Crippen molar-refractivity contribution in [2.75, 3.05) is 18.9 Å². The molecule has 1 heterocycles. The molecule has 3 rings (SSSR count). The van der Waals surface area contributed by atoms with Crippen LogP contribution in [0.5, 0.6) is 0 Å². The summed E-state index contributed by atoms with van der Waals surface area (Å²) >= 11 is 0. The van der Waals surface area contributed by atoms with Crippen LogP contribution >= 0.6 is 0 Å². The topological polar surface area (TPSA) is 15.3 Å². The van der Waals surface area contributed by atoms with Gasteiger partial charge in [-0.3, -0.25) is 4.90 Å². The van der Waals surface area contributed by atoms with E-state index in [1.54, 1.807) is 0 Å². The van der Waals surface area contributed by atoms with Crippen molar-refractivity contribution in [2.24, 2.45) is 5.92 Å². The van der Waals surface area contributed by atoms with E-state index in [9.17, 15) is 0 Å². The highest BCUT2D eigenvalue weighted by molar-refractivity contribution is 5.52. The van der Waals surface area contributed by atoms with Crippen LogP contribution in [0.2, 0.25) is 0 Å². The minimum absolute atomic E-state index is 0.674. The first kappa shape index (κ1) is 12.0. The molecule has 1 N–H and O–H groups in total. The normalized spacial score (nSPS) is 25.2. The third-order valence-electron chi connectivity index (χ3n) is 4.82. The van der Waals surface area contributed by atoms with Gasteiger partial charge in [0.05, 0.1) is 0 Å². The maximum Gasteiger partial charge on any atom is 0.0373 e. The molecule has 2 atom stereocenters. The fourth-order valence-electron chi connectivity index (χ4n) is 3.15. The van der Waals surface area contributed by atoms with Gasteiger partial charge in [-0.25, -0.2) is 0 Å². The van der Waals surface area contributed by atoms with Crippen LogP contribution in [0.4, 0.5) is 5.69 Å². The SMILES string of the molecule is CC(C1CC1)N(C)C1CCc2ccccc2NC1. The van der Waals surface area contributed by atoms with Gasteiger partial charge in [0.2, 0.25) is 0 Å². The maximum atomic E-state index is 3.63. The Morgan fingerprint density at radius 3 is 2.78 bits per heavy atom. The van der Waals surface area contributed by atoms with Crippen molar-refractivity contribution in [3.63, 3.8) is 0 Å². The van der Waals surface area contributed by atoms with Crippen molar-refractivity contribution in [3.05, 3.63) is 29.8 Å². The minimum Gasteiger partial charge on any atom is -0.383 e. The van der Waals surface area contributed by atoms with E-state index in [2.05, 4.69) is 48.5 Å². The highest BCUT2D eigenvalue weighted by Crippen LogP contribution is 2.36. The molecular weight excluding hydrogens is 220 g/mol. The Morgan fingerprint density at radius 1 is 1.22 bits per heavy atom. The number of rotatable bonds is 3. The minimum atomic E-state index is 0.674. The Kier molecular flexibility index (Phi) is 3.29. The zero-order valence-electron chi connectivity index (χ0n) is 11.5. The Hall–Kier alpha value is -1.02. The average Bonchev–Trinajstić information content (AvgIpc) is 3.23. The molecule has 1 aliphatic heterocycles. The molecule has 18 heavy (non-hydrogen) atoms. The monoisotopic (exact) mass is 244 g/mol. The van der Waals surface area contributed by atoms with Crippen molar-refractivity contribution in [1.29, 1.82) is 0 Å². The second-order valence-corrected chi connectivity index (χ2v) is 5.97. The highest BCUT2D eigenvalue weighted by Gasteiger charge is 2.33. The maximum absolute atomic E-state index is 3.63. The Balaban J connectivity index is 1.67. The molecule has 0 amide bonds. The zero-order chi connectivity index (χ0) is 12.5. The standard InChI is InChI=1S/C16H24N2/c1-12(13-7-8-13)18(2)15-10-9-14-5-3-4-6-16(14)17-11-15/h3-6,12-13,15,17H,7-11H2,1-2H3. The van der Waals surface area contributed by atoms with Crippen LogP contribution in [0.1, 0.15) is 31.7 Å². The Labute approximate surface area is 110 Å². The molecule has 1 aromatic rings. The Morgan fingerprint density at radius 2 is 2.00 bits per heavy atom. The van der Waals surface area contributed by atoms with Crippen LogP contribution in [0.3, 0.4) is 0 Å². The third kappa shape index (κ3) is 2.39. The molecule has 1 aromatic carbocycles. The van der Waals surface area contributed by atoms with Crippen LogP contribution in [0.25, 0.3) is 0 Å². The molecule has 2 nitrogen and oxygen atoms in total. The van der Waals surface area contributed by atoms with E-state index in [0.717, 1.165) is 18.5 Å². The smallest absolute Gasteiger partial charge is 0.0373 e. The number of nitrogens with zero attached hydrogens (tertiary/aromatic N) is 1. The van der Waals surface area contributed by atoms with Gasteiger partial charge in [0.25, 0.3) is 0 Å². The molecule has 0 spiro atoms. The second-order valence-electron chi connectivity index (χ2n) is 5.97. The molecule has 1 aliphatic carbocycles. The first-order valence-electron chi connectivity index (χ1n) is 7.29. The predicted octanol–water partition coefficient (Wildman–Crippen LogP) is 3.14. The highest BCUT2D eigenvalue weighted by atomic mass is 15.2. The molecular formula is C16H24N2. The van der Waals surface area contributed by atoms with Crippen molar-refractivity contribution < 1.29 is 0 Å². The van der Waals surface area contributed by atoms with Gasteiger partial charge >= 0.3 is 0 Å². The Bertz CT molecular complexity index is 384. The molecule has 0 bridgehead atoms. The van der Waals surface area contributed by atoms with Gasteiger partial charge in [-0.15, -0.1) is 0 Å². The number of aryl methyl sites for hydroxylation is 1. The van der Waals surface area contributed by atoms with Crippen LogP contribution in [-0.4, -0.2) is 30.6 Å². The van der Waals surface area contributed by atoms with Gasteiger partial charge in [-0.05, 0) is 57.2 Å². The first-order chi connectivity index (χ1) is 8.75. The summed E-state index contributed by atoms with van der Waals surface area (Å²) in [6, 6.07) is 10.2. The van der Waals surface area contributed by atoms with E-state index in [4.69, 9.17) is 0 Å². The average molecular weight is 244 g/mol. The van der Waals surface area contributed by atoms with Crippen molar-refractivity contribution in [1.82, 2.24) is 4.90 Å². The summed E-state index contributed by atoms with van der Waals surface area (Å²) in [5, 5.41) is 3.63. The number of benzene rings is 1. The molecule has 0 saturated heterocycles. The molecule has 0 aromatic heterocycles. The van der Waals surface area contributed by atoms with E-state index in [-0.39, 0.29) is 0 Å². The van der Waals surface area contributed by atoms with E-state index in [1.807, 2.05) is 0 Å². The summed E-state index contributed by atoms with van der Waals surface area (Å²) < 4.78 is 0. The van der Waals surface area contributed by atoms with E-state index in [0.29, 0.717) is 6.04 Å². The molecule has 0 radical (unpaired) electrons. The number of fused-ring (bicyclic) bond motifs is 1. The second kappa shape index (κ2) is 4.93. The van der Waals surface area contributed by atoms with Crippen LogP contribution in [0, 0.1) is 5.92 Å². The van der Waals surface area contributed by atoms with Crippen molar-refractivity contribution in [3.8, 4) is 0 Å². The lowest BCUT2D eigenvalue weighted by molar-refractivity contribution is 0.167. The fourth-order valence-corrected chi connectivity index (χ4v) is 3.15. The largest absolute Gasteiger partial charge is 0.383 e. The number of para-hydroxylation sites is 1.